The molecule has 0 aromatic heterocycles. The maximum atomic E-state index is 13.2. The number of allylic oxidation sites excluding steroid dienone is 1. The van der Waals surface area contributed by atoms with E-state index in [1.165, 1.54) is 0 Å². The third-order valence-corrected chi connectivity index (χ3v) is 3.19. The highest BCUT2D eigenvalue weighted by Gasteiger charge is 2.47. The number of hydrogen-bond donors (Lipinski definition) is 2. The van der Waals surface area contributed by atoms with Gasteiger partial charge in [0.1, 0.15) is 0 Å². The lowest BCUT2D eigenvalue weighted by Crippen LogP contribution is -2.35. The number of para-hydroxylation sites is 2. The lowest BCUT2D eigenvalue weighted by atomic mass is 10.1. The predicted molar refractivity (Wildman–Crippen MR) is 84.9 cm³/mol. The number of alkyl halides is 4. The third kappa shape index (κ3) is 3.92. The van der Waals surface area contributed by atoms with Gasteiger partial charge in [-0.3, -0.25) is 4.79 Å². The summed E-state index contributed by atoms with van der Waals surface area (Å²) < 4.78 is 51.2. The van der Waals surface area contributed by atoms with Gasteiger partial charge in [0.25, 0.3) is 0 Å². The van der Waals surface area contributed by atoms with Gasteiger partial charge in [-0.25, -0.2) is 8.78 Å². The molecule has 0 amide bonds. The normalized spacial score (nSPS) is 12.3. The van der Waals surface area contributed by atoms with Gasteiger partial charge in [-0.15, -0.1) is 0 Å². The number of nitrogens with two attached hydrogens (primary N) is 1. The number of halogens is 4. The van der Waals surface area contributed by atoms with E-state index in [2.05, 4.69) is 5.32 Å². The van der Waals surface area contributed by atoms with Gasteiger partial charge in [0.05, 0.1) is 11.4 Å². The highest BCUT2D eigenvalue weighted by Crippen LogP contribution is 2.28. The number of rotatable bonds is 6. The molecular weight excluding hydrogens is 324 g/mol. The molecule has 0 fully saturated rings. The van der Waals surface area contributed by atoms with E-state index in [0.717, 1.165) is 0 Å². The van der Waals surface area contributed by atoms with E-state index in [-0.39, 0.29) is 5.70 Å². The number of benzene rings is 2. The van der Waals surface area contributed by atoms with Crippen LogP contribution in [0.5, 0.6) is 0 Å². The summed E-state index contributed by atoms with van der Waals surface area (Å²) in [5.74, 6) is -6.75. The largest absolute Gasteiger partial charge is 0.397 e. The molecule has 0 radical (unpaired) electrons. The van der Waals surface area contributed by atoms with Gasteiger partial charge in [0.2, 0.25) is 5.78 Å². The molecule has 2 rings (SSSR count). The van der Waals surface area contributed by atoms with Crippen LogP contribution in [0.2, 0.25) is 0 Å². The van der Waals surface area contributed by atoms with Crippen molar-refractivity contribution in [3.8, 4) is 0 Å². The standard InChI is InChI=1S/C17H14F4N2O/c18-16(19)17(20,21)15(24)10-14(11-6-2-1-3-7-11)23-13-9-5-4-8-12(13)22/h1-10,16,23H,22H2/b14-10-. The first kappa shape index (κ1) is 17.5. The van der Waals surface area contributed by atoms with Crippen molar-refractivity contribution in [2.45, 2.75) is 12.3 Å². The van der Waals surface area contributed by atoms with Gasteiger partial charge in [-0.1, -0.05) is 42.5 Å². The summed E-state index contributed by atoms with van der Waals surface area (Å²) in [6, 6.07) is 14.5. The van der Waals surface area contributed by atoms with E-state index < -0.39 is 18.1 Å². The lowest BCUT2D eigenvalue weighted by Gasteiger charge is -2.16. The van der Waals surface area contributed by atoms with Crippen molar-refractivity contribution in [3.63, 3.8) is 0 Å². The van der Waals surface area contributed by atoms with Crippen LogP contribution in [0.25, 0.3) is 5.70 Å². The fourth-order valence-corrected chi connectivity index (χ4v) is 1.90. The average molecular weight is 338 g/mol. The van der Waals surface area contributed by atoms with Crippen molar-refractivity contribution in [3.05, 3.63) is 66.2 Å². The van der Waals surface area contributed by atoms with E-state index in [1.54, 1.807) is 54.6 Å². The molecule has 7 heteroatoms. The van der Waals surface area contributed by atoms with Gasteiger partial charge in [-0.2, -0.15) is 8.78 Å². The Morgan fingerprint density at radius 3 is 2.21 bits per heavy atom. The van der Waals surface area contributed by atoms with Crippen molar-refractivity contribution in [2.75, 3.05) is 11.1 Å². The van der Waals surface area contributed by atoms with Crippen LogP contribution < -0.4 is 11.1 Å². The van der Waals surface area contributed by atoms with Gasteiger partial charge >= 0.3 is 12.3 Å². The van der Waals surface area contributed by atoms with Crippen LogP contribution in [0, 0.1) is 0 Å². The lowest BCUT2D eigenvalue weighted by molar-refractivity contribution is -0.161. The molecule has 2 aromatic rings. The number of nitrogens with one attached hydrogen (secondary N) is 1. The Balaban J connectivity index is 2.43. The van der Waals surface area contributed by atoms with Crippen LogP contribution in [-0.4, -0.2) is 18.1 Å². The number of hydrogen-bond acceptors (Lipinski definition) is 3. The highest BCUT2D eigenvalue weighted by molar-refractivity contribution is 6.03. The Morgan fingerprint density at radius 2 is 1.62 bits per heavy atom. The molecular formula is C17H14F4N2O. The number of carbonyl (C=O) groups excluding carboxylic acids is 1. The molecule has 2 aromatic carbocycles. The maximum Gasteiger partial charge on any atom is 0.368 e. The zero-order chi connectivity index (χ0) is 17.7. The fraction of sp³-hybridized carbons (Fsp3) is 0.118. The van der Waals surface area contributed by atoms with Gasteiger partial charge in [0.15, 0.2) is 0 Å². The van der Waals surface area contributed by atoms with E-state index >= 15 is 0 Å². The van der Waals surface area contributed by atoms with Crippen LogP contribution >= 0.6 is 0 Å². The zero-order valence-corrected chi connectivity index (χ0v) is 12.3. The van der Waals surface area contributed by atoms with Crippen LogP contribution in [0.3, 0.4) is 0 Å². The number of anilines is 2. The smallest absolute Gasteiger partial charge is 0.368 e. The van der Waals surface area contributed by atoms with E-state index in [4.69, 9.17) is 5.73 Å². The molecule has 3 nitrogen and oxygen atoms in total. The Bertz CT molecular complexity index is 745. The fourth-order valence-electron chi connectivity index (χ4n) is 1.90. The molecule has 0 spiro atoms. The minimum Gasteiger partial charge on any atom is -0.397 e. The molecule has 24 heavy (non-hydrogen) atoms. The quantitative estimate of drug-likeness (QED) is 0.472. The molecule has 126 valence electrons. The Labute approximate surface area is 135 Å². The van der Waals surface area contributed by atoms with Crippen molar-refractivity contribution in [1.29, 1.82) is 0 Å². The molecule has 0 atom stereocenters. The molecule has 0 aliphatic carbocycles. The minimum atomic E-state index is -4.76. The maximum absolute atomic E-state index is 13.2. The van der Waals surface area contributed by atoms with Gasteiger partial charge < -0.3 is 11.1 Å². The topological polar surface area (TPSA) is 55.1 Å². The molecule has 0 saturated carbocycles. The van der Waals surface area contributed by atoms with Crippen molar-refractivity contribution >= 4 is 22.9 Å². The first-order valence-electron chi connectivity index (χ1n) is 6.91. The molecule has 0 unspecified atom stereocenters. The van der Waals surface area contributed by atoms with Crippen molar-refractivity contribution < 1.29 is 22.4 Å². The molecule has 0 bridgehead atoms. The average Bonchev–Trinajstić information content (AvgIpc) is 2.56. The van der Waals surface area contributed by atoms with Gasteiger partial charge in [0, 0.05) is 11.8 Å². The van der Waals surface area contributed by atoms with Gasteiger partial charge in [-0.05, 0) is 17.7 Å². The highest BCUT2D eigenvalue weighted by atomic mass is 19.3. The van der Waals surface area contributed by atoms with Crippen LogP contribution in [-0.2, 0) is 4.79 Å². The number of carbonyl (C=O) groups is 1. The minimum absolute atomic E-state index is 0.0566. The first-order valence-corrected chi connectivity index (χ1v) is 6.91. The van der Waals surface area contributed by atoms with E-state index in [9.17, 15) is 22.4 Å². The second-order valence-electron chi connectivity index (χ2n) is 4.92. The SMILES string of the molecule is Nc1ccccc1N/C(=C\C(=O)C(F)(F)C(F)F)c1ccccc1. The Kier molecular flexibility index (Phi) is 5.23. The summed E-state index contributed by atoms with van der Waals surface area (Å²) in [5, 5.41) is 2.74. The van der Waals surface area contributed by atoms with Crippen molar-refractivity contribution in [2.24, 2.45) is 0 Å². The monoisotopic (exact) mass is 338 g/mol. The number of ketones is 1. The van der Waals surface area contributed by atoms with E-state index in [1.807, 2.05) is 0 Å². The summed E-state index contributed by atoms with van der Waals surface area (Å²) in [5.41, 5.74) is 6.76. The molecule has 0 heterocycles. The molecule has 0 aliphatic rings. The molecule has 0 saturated heterocycles. The second kappa shape index (κ2) is 7.16. The van der Waals surface area contributed by atoms with Crippen LogP contribution in [0.1, 0.15) is 5.56 Å². The summed E-state index contributed by atoms with van der Waals surface area (Å²) in [6.45, 7) is 0. The predicted octanol–water partition coefficient (Wildman–Crippen LogP) is 4.19. The summed E-state index contributed by atoms with van der Waals surface area (Å²) in [6.07, 6.45) is -3.62. The summed E-state index contributed by atoms with van der Waals surface area (Å²) >= 11 is 0. The number of nitrogen functional groups attached to an aromatic ring is 1. The summed E-state index contributed by atoms with van der Waals surface area (Å²) in [4.78, 5) is 11.6. The summed E-state index contributed by atoms with van der Waals surface area (Å²) in [7, 11) is 0. The third-order valence-electron chi connectivity index (χ3n) is 3.19. The molecule has 3 N–H and O–H groups in total. The zero-order valence-electron chi connectivity index (χ0n) is 12.3. The van der Waals surface area contributed by atoms with Crippen LogP contribution in [0.4, 0.5) is 28.9 Å². The van der Waals surface area contributed by atoms with Crippen LogP contribution in [0.15, 0.2) is 60.7 Å². The second-order valence-corrected chi connectivity index (χ2v) is 4.92. The first-order chi connectivity index (χ1) is 11.3. The van der Waals surface area contributed by atoms with Crippen molar-refractivity contribution in [1.82, 2.24) is 0 Å². The van der Waals surface area contributed by atoms with E-state index in [0.29, 0.717) is 23.0 Å². The Morgan fingerprint density at radius 1 is 1.04 bits per heavy atom. The Hall–Kier alpha value is -2.83. The molecule has 0 aliphatic heterocycles.